The number of allylic oxidation sites excluding steroid dienone is 2. The van der Waals surface area contributed by atoms with E-state index in [0.29, 0.717) is 23.7 Å². The molecule has 4 nitrogen and oxygen atoms in total. The lowest BCUT2D eigenvalue weighted by Gasteiger charge is -2.52. The molecular formula is C22H30O4. The van der Waals surface area contributed by atoms with Gasteiger partial charge in [0, 0.05) is 13.5 Å². The maximum Gasteiger partial charge on any atom is 0.317 e. The van der Waals surface area contributed by atoms with Crippen molar-refractivity contribution in [3.05, 3.63) is 22.8 Å². The molecule has 1 saturated carbocycles. The smallest absolute Gasteiger partial charge is 0.317 e. The van der Waals surface area contributed by atoms with E-state index in [1.54, 1.807) is 18.3 Å². The number of hydrogen-bond donors (Lipinski definition) is 1. The van der Waals surface area contributed by atoms with Gasteiger partial charge in [0.25, 0.3) is 0 Å². The third-order valence-electron chi connectivity index (χ3n) is 8.61. The largest absolute Gasteiger partial charge is 0.459 e. The third kappa shape index (κ3) is 1.90. The second-order valence-corrected chi connectivity index (χ2v) is 9.36. The number of rotatable bonds is 2. The first-order chi connectivity index (χ1) is 12.4. The van der Waals surface area contributed by atoms with Crippen molar-refractivity contribution in [2.24, 2.45) is 22.7 Å². The van der Waals surface area contributed by atoms with Crippen LogP contribution in [0.1, 0.15) is 58.8 Å². The number of ether oxygens (including phenoxy) is 2. The Morgan fingerprint density at radius 1 is 1.38 bits per heavy atom. The molecule has 0 radical (unpaired) electrons. The molecule has 1 N–H and O–H groups in total. The molecule has 5 aliphatic rings. The van der Waals surface area contributed by atoms with E-state index in [9.17, 15) is 9.90 Å². The summed E-state index contributed by atoms with van der Waals surface area (Å²) in [4.78, 5) is 13.1. The average molecular weight is 358 g/mol. The van der Waals surface area contributed by atoms with Crippen LogP contribution in [0, 0.1) is 22.7 Å². The molecule has 0 aromatic carbocycles. The second kappa shape index (κ2) is 5.45. The Morgan fingerprint density at radius 2 is 2.19 bits per heavy atom. The van der Waals surface area contributed by atoms with Crippen molar-refractivity contribution in [1.82, 2.24) is 0 Å². The molecule has 2 bridgehead atoms. The lowest BCUT2D eigenvalue weighted by Crippen LogP contribution is -2.53. The van der Waals surface area contributed by atoms with Crippen molar-refractivity contribution in [2.45, 2.75) is 77.1 Å². The summed E-state index contributed by atoms with van der Waals surface area (Å²) in [5.74, 6) is 0.626. The van der Waals surface area contributed by atoms with Gasteiger partial charge in [-0.25, -0.2) is 0 Å². The summed E-state index contributed by atoms with van der Waals surface area (Å²) in [5, 5.41) is 10.4. The summed E-state index contributed by atoms with van der Waals surface area (Å²) in [6.45, 7) is 4.73. The van der Waals surface area contributed by atoms with Crippen molar-refractivity contribution in [3.8, 4) is 0 Å². The lowest BCUT2D eigenvalue weighted by atomic mass is 9.51. The molecule has 26 heavy (non-hydrogen) atoms. The molecule has 1 saturated heterocycles. The van der Waals surface area contributed by atoms with Crippen LogP contribution in [0.15, 0.2) is 22.8 Å². The molecule has 1 aliphatic heterocycles. The number of methoxy groups -OCH3 is 1. The standard InChI is InChI=1S/C22H30O4/c1-4-21(2)8-7-12-13-9-18(25-3)16-10-17(23)19-11-22(16,20(24)26-19)15(13)6-5-14(12)21/h10,13,15,17-19,23H,4-9,11H2,1-3H3. The van der Waals surface area contributed by atoms with Crippen LogP contribution in [0.3, 0.4) is 0 Å². The van der Waals surface area contributed by atoms with E-state index in [1.807, 2.05) is 6.08 Å². The van der Waals surface area contributed by atoms with Gasteiger partial charge in [-0.05, 0) is 67.4 Å². The zero-order chi connectivity index (χ0) is 18.3. The highest BCUT2D eigenvalue weighted by Crippen LogP contribution is 2.65. The Labute approximate surface area is 155 Å². The van der Waals surface area contributed by atoms with Crippen LogP contribution in [0.2, 0.25) is 0 Å². The number of fused-ring (bicyclic) bond motifs is 3. The van der Waals surface area contributed by atoms with Gasteiger partial charge in [0.1, 0.15) is 12.2 Å². The van der Waals surface area contributed by atoms with E-state index in [0.717, 1.165) is 24.8 Å². The predicted molar refractivity (Wildman–Crippen MR) is 97.3 cm³/mol. The van der Waals surface area contributed by atoms with Crippen LogP contribution in [0.25, 0.3) is 0 Å². The number of hydrogen-bond acceptors (Lipinski definition) is 4. The van der Waals surface area contributed by atoms with Crippen molar-refractivity contribution in [2.75, 3.05) is 7.11 Å². The molecule has 5 rings (SSSR count). The molecule has 4 heteroatoms. The fraction of sp³-hybridized carbons (Fsp3) is 0.773. The Kier molecular flexibility index (Phi) is 3.56. The number of carbonyl (C=O) groups is 1. The zero-order valence-electron chi connectivity index (χ0n) is 16.1. The van der Waals surface area contributed by atoms with E-state index in [-0.39, 0.29) is 18.2 Å². The van der Waals surface area contributed by atoms with Crippen LogP contribution in [0.5, 0.6) is 0 Å². The quantitative estimate of drug-likeness (QED) is 0.606. The van der Waals surface area contributed by atoms with E-state index < -0.39 is 11.5 Å². The monoisotopic (exact) mass is 358 g/mol. The normalized spacial score (nSPS) is 49.3. The summed E-state index contributed by atoms with van der Waals surface area (Å²) in [6.07, 6.45) is 8.11. The molecule has 0 amide bonds. The Bertz CT molecular complexity index is 722. The summed E-state index contributed by atoms with van der Waals surface area (Å²) in [7, 11) is 1.74. The minimum absolute atomic E-state index is 0.0853. The first-order valence-electron chi connectivity index (χ1n) is 10.3. The number of carbonyl (C=O) groups excluding carboxylic acids is 1. The van der Waals surface area contributed by atoms with E-state index in [1.165, 1.54) is 19.3 Å². The van der Waals surface area contributed by atoms with E-state index in [2.05, 4.69) is 13.8 Å². The highest BCUT2D eigenvalue weighted by molar-refractivity contribution is 5.85. The molecule has 7 atom stereocenters. The SMILES string of the molecule is CCC1(C)CCC2=C1CCC1C2CC(OC)C2=CC(O)C3CC21C(=O)O3. The first kappa shape index (κ1) is 17.0. The van der Waals surface area contributed by atoms with Gasteiger partial charge in [0.2, 0.25) is 0 Å². The average Bonchev–Trinajstić information content (AvgIpc) is 3.14. The van der Waals surface area contributed by atoms with Gasteiger partial charge in [0.15, 0.2) is 0 Å². The van der Waals surface area contributed by atoms with Crippen molar-refractivity contribution in [3.63, 3.8) is 0 Å². The van der Waals surface area contributed by atoms with Gasteiger partial charge in [-0.1, -0.05) is 25.0 Å². The van der Waals surface area contributed by atoms with Crippen LogP contribution in [-0.4, -0.2) is 36.5 Å². The van der Waals surface area contributed by atoms with E-state index >= 15 is 0 Å². The molecule has 0 aromatic rings. The molecular weight excluding hydrogens is 328 g/mol. The Hall–Kier alpha value is -1.13. The van der Waals surface area contributed by atoms with Gasteiger partial charge in [-0.3, -0.25) is 4.79 Å². The van der Waals surface area contributed by atoms with E-state index in [4.69, 9.17) is 9.47 Å². The fourth-order valence-corrected chi connectivity index (χ4v) is 7.05. The lowest BCUT2D eigenvalue weighted by molar-refractivity contribution is -0.153. The van der Waals surface area contributed by atoms with Gasteiger partial charge >= 0.3 is 5.97 Å². The summed E-state index contributed by atoms with van der Waals surface area (Å²) in [5.41, 5.74) is 4.10. The molecule has 4 aliphatic carbocycles. The van der Waals surface area contributed by atoms with Crippen LogP contribution < -0.4 is 0 Å². The predicted octanol–water partition coefficient (Wildman–Crippen LogP) is 3.54. The molecule has 142 valence electrons. The number of aliphatic hydroxyl groups is 1. The van der Waals surface area contributed by atoms with Crippen molar-refractivity contribution in [1.29, 1.82) is 0 Å². The van der Waals surface area contributed by atoms with Gasteiger partial charge < -0.3 is 14.6 Å². The zero-order valence-corrected chi connectivity index (χ0v) is 16.1. The Balaban J connectivity index is 1.63. The van der Waals surface area contributed by atoms with Crippen LogP contribution >= 0.6 is 0 Å². The van der Waals surface area contributed by atoms with Crippen molar-refractivity contribution < 1.29 is 19.4 Å². The fourth-order valence-electron chi connectivity index (χ4n) is 7.05. The highest BCUT2D eigenvalue weighted by atomic mass is 16.6. The molecule has 2 fully saturated rings. The maximum atomic E-state index is 13.1. The highest BCUT2D eigenvalue weighted by Gasteiger charge is 2.66. The summed E-state index contributed by atoms with van der Waals surface area (Å²) < 4.78 is 11.5. The summed E-state index contributed by atoms with van der Waals surface area (Å²) >= 11 is 0. The molecule has 0 aromatic heterocycles. The van der Waals surface area contributed by atoms with Crippen molar-refractivity contribution >= 4 is 5.97 Å². The second-order valence-electron chi connectivity index (χ2n) is 9.36. The van der Waals surface area contributed by atoms with Crippen LogP contribution in [0.4, 0.5) is 0 Å². The summed E-state index contributed by atoms with van der Waals surface area (Å²) in [6, 6.07) is 0. The molecule has 7 unspecified atom stereocenters. The Morgan fingerprint density at radius 3 is 2.92 bits per heavy atom. The van der Waals surface area contributed by atoms with Crippen LogP contribution in [-0.2, 0) is 14.3 Å². The van der Waals surface area contributed by atoms with Gasteiger partial charge in [-0.15, -0.1) is 0 Å². The van der Waals surface area contributed by atoms with Gasteiger partial charge in [-0.2, -0.15) is 0 Å². The molecule has 1 spiro atoms. The van der Waals surface area contributed by atoms with Gasteiger partial charge in [0.05, 0.1) is 11.5 Å². The maximum absolute atomic E-state index is 13.1. The number of aliphatic hydroxyl groups excluding tert-OH is 1. The molecule has 1 heterocycles. The first-order valence-corrected chi connectivity index (χ1v) is 10.3. The minimum Gasteiger partial charge on any atom is -0.459 e. The topological polar surface area (TPSA) is 55.8 Å². The third-order valence-corrected chi connectivity index (χ3v) is 8.61. The minimum atomic E-state index is -0.688. The number of esters is 1.